The minimum absolute atomic E-state index is 0.139. The van der Waals surface area contributed by atoms with Crippen molar-refractivity contribution < 1.29 is 4.74 Å². The van der Waals surface area contributed by atoms with Crippen LogP contribution in [0.5, 0.6) is 5.75 Å². The normalized spacial score (nSPS) is 11.5. The number of nitrogens with zero attached hydrogens (tertiary/aromatic N) is 3. The van der Waals surface area contributed by atoms with Gasteiger partial charge in [-0.2, -0.15) is 0 Å². The predicted molar refractivity (Wildman–Crippen MR) is 102 cm³/mol. The molecule has 1 aromatic heterocycles. The third kappa shape index (κ3) is 5.80. The molecule has 0 atom stereocenters. The number of ether oxygens (including phenoxy) is 1. The Labute approximate surface area is 169 Å². The predicted octanol–water partition coefficient (Wildman–Crippen LogP) is 6.00. The molecule has 1 aromatic carbocycles. The number of alkyl halides is 6. The minimum atomic E-state index is -1.88. The molecule has 0 aliphatic heterocycles. The van der Waals surface area contributed by atoms with Crippen LogP contribution in [0.15, 0.2) is 37.4 Å². The zero-order valence-corrected chi connectivity index (χ0v) is 16.8. The van der Waals surface area contributed by atoms with Gasteiger partial charge in [0.05, 0.1) is 7.11 Å². The maximum atomic E-state index is 5.82. The van der Waals surface area contributed by atoms with E-state index in [4.69, 9.17) is 74.3 Å². The minimum Gasteiger partial charge on any atom is -0.497 e. The van der Waals surface area contributed by atoms with Crippen LogP contribution in [0.1, 0.15) is 11.6 Å². The molecular formula is C14H11Cl6N3O. The first-order valence-corrected chi connectivity index (χ1v) is 8.43. The lowest BCUT2D eigenvalue weighted by atomic mass is 10.2. The summed E-state index contributed by atoms with van der Waals surface area (Å²) in [5.74, 6) is 0.598. The monoisotopic (exact) mass is 447 g/mol. The van der Waals surface area contributed by atoms with Crippen molar-refractivity contribution in [3.8, 4) is 17.1 Å². The van der Waals surface area contributed by atoms with Gasteiger partial charge in [0, 0.05) is 5.56 Å². The second-order valence-corrected chi connectivity index (χ2v) is 8.59. The van der Waals surface area contributed by atoms with Crippen molar-refractivity contribution >= 4 is 69.6 Å². The zero-order chi connectivity index (χ0) is 18.5. The van der Waals surface area contributed by atoms with Crippen LogP contribution in [0.3, 0.4) is 0 Å². The highest BCUT2D eigenvalue weighted by Crippen LogP contribution is 2.40. The third-order valence-electron chi connectivity index (χ3n) is 2.49. The number of rotatable bonds is 2. The molecule has 2 aromatic rings. The zero-order valence-electron chi connectivity index (χ0n) is 12.2. The van der Waals surface area contributed by atoms with Gasteiger partial charge in [-0.1, -0.05) is 69.6 Å². The maximum Gasteiger partial charge on any atom is 0.250 e. The molecule has 4 nitrogen and oxygen atoms in total. The Kier molecular flexibility index (Phi) is 7.85. The van der Waals surface area contributed by atoms with E-state index in [-0.39, 0.29) is 17.5 Å². The Morgan fingerprint density at radius 1 is 0.792 bits per heavy atom. The fourth-order valence-electron chi connectivity index (χ4n) is 1.50. The summed E-state index contributed by atoms with van der Waals surface area (Å²) in [5, 5.41) is 0. The van der Waals surface area contributed by atoms with E-state index in [1.807, 2.05) is 0 Å². The quantitative estimate of drug-likeness (QED) is 0.416. The van der Waals surface area contributed by atoms with Crippen molar-refractivity contribution in [1.29, 1.82) is 0 Å². The van der Waals surface area contributed by atoms with Gasteiger partial charge in [0.1, 0.15) is 5.75 Å². The van der Waals surface area contributed by atoms with Crippen LogP contribution >= 0.6 is 69.6 Å². The first kappa shape index (κ1) is 21.6. The molecule has 0 unspecified atom stereocenters. The summed E-state index contributed by atoms with van der Waals surface area (Å²) >= 11 is 34.9. The molecule has 10 heteroatoms. The van der Waals surface area contributed by atoms with Gasteiger partial charge in [0.2, 0.25) is 7.59 Å². The lowest BCUT2D eigenvalue weighted by molar-refractivity contribution is 0.415. The summed E-state index contributed by atoms with van der Waals surface area (Å²) in [5.41, 5.74) is 0.620. The number of hydrogen-bond acceptors (Lipinski definition) is 4. The molecular weight excluding hydrogens is 439 g/mol. The highest BCUT2D eigenvalue weighted by Gasteiger charge is 2.33. The van der Waals surface area contributed by atoms with Gasteiger partial charge < -0.3 is 4.74 Å². The molecule has 0 saturated carbocycles. The van der Waals surface area contributed by atoms with E-state index >= 15 is 0 Å². The lowest BCUT2D eigenvalue weighted by Crippen LogP contribution is -2.16. The Bertz CT molecular complexity index is 650. The van der Waals surface area contributed by atoms with Gasteiger partial charge in [0.25, 0.3) is 0 Å². The number of hydrogen-bond donors (Lipinski definition) is 0. The van der Waals surface area contributed by atoms with E-state index in [1.54, 1.807) is 31.4 Å². The standard InChI is InChI=1S/C12H7Cl6N3O.C2H4/c1-22-7-4-2-6(3-5-7)8-19-9(11(13,14)15)21-10(20-8)12(16,17)18;1-2/h2-5H,1H3;1-2H2. The average molecular weight is 450 g/mol. The number of halogens is 6. The fraction of sp³-hybridized carbons (Fsp3) is 0.214. The summed E-state index contributed by atoms with van der Waals surface area (Å²) in [7, 11) is 1.56. The highest BCUT2D eigenvalue weighted by molar-refractivity contribution is 6.67. The summed E-state index contributed by atoms with van der Waals surface area (Å²) in [6.45, 7) is 6.00. The largest absolute Gasteiger partial charge is 0.497 e. The second-order valence-electron chi connectivity index (χ2n) is 4.03. The van der Waals surface area contributed by atoms with Crippen molar-refractivity contribution in [2.75, 3.05) is 7.11 Å². The Morgan fingerprint density at radius 3 is 1.54 bits per heavy atom. The molecule has 0 amide bonds. The highest BCUT2D eigenvalue weighted by atomic mass is 35.6. The molecule has 0 aliphatic carbocycles. The van der Waals surface area contributed by atoms with E-state index in [9.17, 15) is 0 Å². The van der Waals surface area contributed by atoms with Crippen molar-refractivity contribution in [1.82, 2.24) is 15.0 Å². The van der Waals surface area contributed by atoms with Crippen molar-refractivity contribution in [2.45, 2.75) is 7.59 Å². The smallest absolute Gasteiger partial charge is 0.250 e. The molecule has 0 fully saturated rings. The van der Waals surface area contributed by atoms with Gasteiger partial charge in [-0.3, -0.25) is 0 Å². The van der Waals surface area contributed by atoms with E-state index < -0.39 is 7.59 Å². The van der Waals surface area contributed by atoms with Crippen molar-refractivity contribution in [3.05, 3.63) is 49.1 Å². The third-order valence-corrected chi connectivity index (χ3v) is 3.50. The topological polar surface area (TPSA) is 47.9 Å². The molecule has 0 aliphatic rings. The summed E-state index contributed by atoms with van der Waals surface area (Å²) < 4.78 is 1.32. The number of aromatic nitrogens is 3. The first-order chi connectivity index (χ1) is 11.1. The summed E-state index contributed by atoms with van der Waals surface area (Å²) in [4.78, 5) is 12.1. The van der Waals surface area contributed by atoms with Gasteiger partial charge in [0.15, 0.2) is 17.5 Å². The van der Waals surface area contributed by atoms with Crippen LogP contribution < -0.4 is 4.74 Å². The summed E-state index contributed by atoms with van der Waals surface area (Å²) in [6, 6.07) is 6.89. The van der Waals surface area contributed by atoms with Crippen molar-refractivity contribution in [2.24, 2.45) is 0 Å². The summed E-state index contributed by atoms with van der Waals surface area (Å²) in [6.07, 6.45) is 0. The fourth-order valence-corrected chi connectivity index (χ4v) is 2.01. The molecule has 0 N–H and O–H groups in total. The van der Waals surface area contributed by atoms with Crippen LogP contribution in [0.25, 0.3) is 11.4 Å². The molecule has 0 bridgehead atoms. The van der Waals surface area contributed by atoms with Crippen LogP contribution in [0.2, 0.25) is 0 Å². The molecule has 0 radical (unpaired) electrons. The van der Waals surface area contributed by atoms with Crippen LogP contribution in [0, 0.1) is 0 Å². The van der Waals surface area contributed by atoms with E-state index in [0.717, 1.165) is 0 Å². The molecule has 0 saturated heterocycles. The second kappa shape index (κ2) is 8.75. The lowest BCUT2D eigenvalue weighted by Gasteiger charge is -2.15. The van der Waals surface area contributed by atoms with E-state index in [2.05, 4.69) is 28.1 Å². The van der Waals surface area contributed by atoms with Gasteiger partial charge >= 0.3 is 0 Å². The van der Waals surface area contributed by atoms with Crippen molar-refractivity contribution in [3.63, 3.8) is 0 Å². The molecule has 0 spiro atoms. The van der Waals surface area contributed by atoms with Gasteiger partial charge in [-0.15, -0.1) is 13.2 Å². The average Bonchev–Trinajstić information content (AvgIpc) is 2.55. The van der Waals surface area contributed by atoms with Gasteiger partial charge in [-0.05, 0) is 24.3 Å². The van der Waals surface area contributed by atoms with Gasteiger partial charge in [-0.25, -0.2) is 15.0 Å². The van der Waals surface area contributed by atoms with E-state index in [1.165, 1.54) is 0 Å². The van der Waals surface area contributed by atoms with Crippen LogP contribution in [0.4, 0.5) is 0 Å². The van der Waals surface area contributed by atoms with Crippen LogP contribution in [-0.4, -0.2) is 22.1 Å². The number of benzene rings is 1. The molecule has 2 rings (SSSR count). The van der Waals surface area contributed by atoms with Crippen LogP contribution in [-0.2, 0) is 7.59 Å². The molecule has 24 heavy (non-hydrogen) atoms. The van der Waals surface area contributed by atoms with E-state index in [0.29, 0.717) is 11.3 Å². The Balaban J connectivity index is 0.00000139. The Hall–Kier alpha value is -0.490. The molecule has 130 valence electrons. The Morgan fingerprint density at radius 2 is 1.21 bits per heavy atom. The number of methoxy groups -OCH3 is 1. The maximum absolute atomic E-state index is 5.82. The SMILES string of the molecule is C=C.COc1ccc(-c2nc(C(Cl)(Cl)Cl)nc(C(Cl)(Cl)Cl)n2)cc1. The molecule has 1 heterocycles. The first-order valence-electron chi connectivity index (χ1n) is 6.16.